The van der Waals surface area contributed by atoms with Crippen molar-refractivity contribution in [2.75, 3.05) is 40.9 Å². The minimum atomic E-state index is -4.33. The Morgan fingerprint density at radius 2 is 0.983 bits per heavy atom. The quantitative estimate of drug-likeness (QED) is 0.0245. The van der Waals surface area contributed by atoms with Gasteiger partial charge in [-0.15, -0.1) is 0 Å². The molecule has 0 heterocycles. The standard InChI is InChI=1S/C51H87N2O6P/c1-6-8-10-12-14-16-17-18-19-20-21-22-23-24-25-26-27-28-29-30-31-32-33-34-35-37-39-41-43-45-51(55)52-49(48-59-60(56,57)58-47-46-53(3,4)5)50(54)44-42-40-38-36-15-13-11-9-7-2/h8,10,14,16,18-19,21-22,24-25,27-28,30-31,33-34,37,39,49-50,54H,6-7,9,11-13,15,17,20,23,26,29,32,35-36,38,40-48H2,1-5H3,(H-,52,55,56,57)/p+1/b10-8-,16-14-,19-18-,22-21-,25-24-,28-27-,31-30-,34-33-,39-37-. The Balaban J connectivity index is 4.34. The fraction of sp³-hybridized carbons (Fsp3) is 0.627. The summed E-state index contributed by atoms with van der Waals surface area (Å²) in [5.41, 5.74) is 0. The third kappa shape index (κ3) is 43.3. The van der Waals surface area contributed by atoms with Crippen LogP contribution in [-0.2, 0) is 18.4 Å². The highest BCUT2D eigenvalue weighted by Gasteiger charge is 2.28. The zero-order valence-electron chi connectivity index (χ0n) is 38.6. The van der Waals surface area contributed by atoms with E-state index in [4.69, 9.17) is 9.05 Å². The van der Waals surface area contributed by atoms with Gasteiger partial charge in [0.2, 0.25) is 5.91 Å². The minimum absolute atomic E-state index is 0.0569. The van der Waals surface area contributed by atoms with Crippen molar-refractivity contribution in [3.63, 3.8) is 0 Å². The molecule has 0 saturated heterocycles. The molecule has 0 rings (SSSR count). The molecule has 0 aromatic rings. The van der Waals surface area contributed by atoms with Crippen molar-refractivity contribution in [2.45, 2.75) is 167 Å². The largest absolute Gasteiger partial charge is 0.472 e. The summed E-state index contributed by atoms with van der Waals surface area (Å²) in [7, 11) is 1.55. The molecule has 0 aliphatic rings. The van der Waals surface area contributed by atoms with Crippen molar-refractivity contribution < 1.29 is 32.9 Å². The van der Waals surface area contributed by atoms with E-state index in [1.807, 2.05) is 21.1 Å². The highest BCUT2D eigenvalue weighted by Crippen LogP contribution is 2.43. The average molecular weight is 856 g/mol. The van der Waals surface area contributed by atoms with E-state index in [9.17, 15) is 19.4 Å². The van der Waals surface area contributed by atoms with Gasteiger partial charge in [0.1, 0.15) is 13.2 Å². The molecule has 9 heteroatoms. The predicted octanol–water partition coefficient (Wildman–Crippen LogP) is 13.3. The van der Waals surface area contributed by atoms with Crippen LogP contribution in [0, 0.1) is 0 Å². The fourth-order valence-corrected chi connectivity index (χ4v) is 6.60. The van der Waals surface area contributed by atoms with Crippen LogP contribution in [0.25, 0.3) is 0 Å². The molecule has 0 aliphatic heterocycles. The van der Waals surface area contributed by atoms with Crippen molar-refractivity contribution in [3.8, 4) is 0 Å². The number of allylic oxidation sites excluding steroid dienone is 18. The number of carbonyl (C=O) groups excluding carboxylic acids is 1. The summed E-state index contributed by atoms with van der Waals surface area (Å²) in [5, 5.41) is 13.8. The van der Waals surface area contributed by atoms with Crippen LogP contribution in [0.5, 0.6) is 0 Å². The van der Waals surface area contributed by atoms with E-state index < -0.39 is 20.0 Å². The summed E-state index contributed by atoms with van der Waals surface area (Å²) in [6.07, 6.45) is 60.0. The van der Waals surface area contributed by atoms with E-state index in [1.54, 1.807) is 0 Å². The van der Waals surface area contributed by atoms with Crippen LogP contribution in [0.3, 0.4) is 0 Å². The van der Waals surface area contributed by atoms with Gasteiger partial charge in [-0.1, -0.05) is 181 Å². The number of nitrogens with zero attached hydrogens (tertiary/aromatic N) is 1. The number of unbranched alkanes of at least 4 members (excludes halogenated alkanes) is 9. The molecule has 0 aromatic heterocycles. The Bertz CT molecular complexity index is 1340. The van der Waals surface area contributed by atoms with Gasteiger partial charge in [-0.25, -0.2) is 4.57 Å². The molecule has 0 fully saturated rings. The van der Waals surface area contributed by atoms with Gasteiger partial charge in [0.25, 0.3) is 0 Å². The maximum atomic E-state index is 12.8. The number of phosphoric ester groups is 1. The molecule has 8 nitrogen and oxygen atoms in total. The molecule has 3 N–H and O–H groups in total. The summed E-state index contributed by atoms with van der Waals surface area (Å²) in [4.78, 5) is 23.1. The Kier molecular flexibility index (Phi) is 39.5. The van der Waals surface area contributed by atoms with E-state index in [0.29, 0.717) is 30.3 Å². The lowest BCUT2D eigenvalue weighted by atomic mass is 10.0. The number of nitrogens with one attached hydrogen (secondary N) is 1. The summed E-state index contributed by atoms with van der Waals surface area (Å²) in [6, 6.07) is -0.797. The first kappa shape index (κ1) is 57.2. The number of phosphoric acid groups is 1. The van der Waals surface area contributed by atoms with Gasteiger partial charge in [0.15, 0.2) is 0 Å². The highest BCUT2D eigenvalue weighted by molar-refractivity contribution is 7.47. The molecule has 0 aliphatic carbocycles. The number of amides is 1. The summed E-state index contributed by atoms with van der Waals surface area (Å²) >= 11 is 0. The second kappa shape index (κ2) is 41.5. The molecule has 1 amide bonds. The van der Waals surface area contributed by atoms with Crippen LogP contribution < -0.4 is 5.32 Å². The number of hydrogen-bond acceptors (Lipinski definition) is 5. The molecule has 3 atom stereocenters. The molecule has 0 saturated carbocycles. The second-order valence-corrected chi connectivity index (χ2v) is 17.9. The topological polar surface area (TPSA) is 105 Å². The van der Waals surface area contributed by atoms with E-state index in [2.05, 4.69) is 129 Å². The molecule has 0 radical (unpaired) electrons. The average Bonchev–Trinajstić information content (AvgIpc) is 3.20. The maximum Gasteiger partial charge on any atom is 0.472 e. The summed E-state index contributed by atoms with van der Waals surface area (Å²) < 4.78 is 23.5. The number of rotatable bonds is 40. The minimum Gasteiger partial charge on any atom is -0.391 e. The lowest BCUT2D eigenvalue weighted by Gasteiger charge is -2.26. The normalized spacial score (nSPS) is 15.2. The van der Waals surface area contributed by atoms with Gasteiger partial charge in [-0.3, -0.25) is 13.8 Å². The fourth-order valence-electron chi connectivity index (χ4n) is 5.87. The number of quaternary nitrogens is 1. The van der Waals surface area contributed by atoms with E-state index in [1.165, 1.54) is 38.5 Å². The molecule has 0 bridgehead atoms. The molecular formula is C51H88N2O6P+. The van der Waals surface area contributed by atoms with Crippen molar-refractivity contribution in [1.82, 2.24) is 5.32 Å². The molecule has 342 valence electrons. The van der Waals surface area contributed by atoms with Gasteiger partial charge < -0.3 is 19.8 Å². The monoisotopic (exact) mass is 856 g/mol. The van der Waals surface area contributed by atoms with Gasteiger partial charge in [0, 0.05) is 6.42 Å². The van der Waals surface area contributed by atoms with Gasteiger partial charge in [0.05, 0.1) is 39.9 Å². The van der Waals surface area contributed by atoms with E-state index in [0.717, 1.165) is 83.5 Å². The molecule has 60 heavy (non-hydrogen) atoms. The zero-order valence-corrected chi connectivity index (χ0v) is 39.5. The Hall–Kier alpha value is -2.84. The first-order chi connectivity index (χ1) is 29.0. The van der Waals surface area contributed by atoms with Crippen molar-refractivity contribution in [1.29, 1.82) is 0 Å². The Morgan fingerprint density at radius 3 is 1.40 bits per heavy atom. The van der Waals surface area contributed by atoms with Crippen molar-refractivity contribution in [2.24, 2.45) is 0 Å². The molecule has 3 unspecified atom stereocenters. The summed E-state index contributed by atoms with van der Waals surface area (Å²) in [6.45, 7) is 4.67. The van der Waals surface area contributed by atoms with E-state index >= 15 is 0 Å². The Labute approximate surface area is 368 Å². The van der Waals surface area contributed by atoms with Crippen LogP contribution in [0.1, 0.15) is 155 Å². The van der Waals surface area contributed by atoms with Crippen LogP contribution in [0.2, 0.25) is 0 Å². The summed E-state index contributed by atoms with van der Waals surface area (Å²) in [5.74, 6) is -0.211. The lowest BCUT2D eigenvalue weighted by Crippen LogP contribution is -2.46. The van der Waals surface area contributed by atoms with Crippen LogP contribution in [-0.4, -0.2) is 73.4 Å². The van der Waals surface area contributed by atoms with Crippen molar-refractivity contribution in [3.05, 3.63) is 109 Å². The number of hydrogen-bond donors (Lipinski definition) is 3. The number of aliphatic hydroxyl groups is 1. The molecule has 0 aromatic carbocycles. The van der Waals surface area contributed by atoms with Crippen molar-refractivity contribution >= 4 is 13.7 Å². The smallest absolute Gasteiger partial charge is 0.391 e. The first-order valence-electron chi connectivity index (χ1n) is 23.3. The number of aliphatic hydroxyl groups excluding tert-OH is 1. The molecule has 0 spiro atoms. The number of carbonyl (C=O) groups is 1. The second-order valence-electron chi connectivity index (χ2n) is 16.4. The van der Waals surface area contributed by atoms with Crippen LogP contribution in [0.15, 0.2) is 109 Å². The van der Waals surface area contributed by atoms with Crippen LogP contribution >= 0.6 is 7.82 Å². The van der Waals surface area contributed by atoms with Gasteiger partial charge >= 0.3 is 7.82 Å². The third-order valence-electron chi connectivity index (χ3n) is 9.54. The molecular weight excluding hydrogens is 768 g/mol. The predicted molar refractivity (Wildman–Crippen MR) is 258 cm³/mol. The third-order valence-corrected chi connectivity index (χ3v) is 10.5. The SMILES string of the molecule is CC/C=C\C/C=C\C/C=C\C/C=C\C/C=C\C/C=C\C/C=C\C/C=C\C/C=C\CCCC(=O)NC(COP(=O)(O)OCC[N+](C)(C)C)C(O)CCCCCCCCCCC. The highest BCUT2D eigenvalue weighted by atomic mass is 31.2. The Morgan fingerprint density at radius 1 is 0.583 bits per heavy atom. The van der Waals surface area contributed by atoms with E-state index in [-0.39, 0.29) is 19.1 Å². The van der Waals surface area contributed by atoms with Gasteiger partial charge in [-0.2, -0.15) is 0 Å². The lowest BCUT2D eigenvalue weighted by molar-refractivity contribution is -0.870. The first-order valence-corrected chi connectivity index (χ1v) is 24.7. The van der Waals surface area contributed by atoms with Crippen LogP contribution in [0.4, 0.5) is 0 Å². The number of likely N-dealkylation sites (N-methyl/N-ethyl adjacent to an activating group) is 1. The zero-order chi connectivity index (χ0) is 44.3. The van der Waals surface area contributed by atoms with Gasteiger partial charge in [-0.05, 0) is 77.0 Å². The maximum absolute atomic E-state index is 12.8.